The minimum absolute atomic E-state index is 0.227. The van der Waals surface area contributed by atoms with Crippen molar-refractivity contribution in [3.8, 4) is 11.6 Å². The van der Waals surface area contributed by atoms with Crippen LogP contribution in [0.15, 0.2) is 24.4 Å². The van der Waals surface area contributed by atoms with E-state index in [1.165, 1.54) is 0 Å². The first-order valence-electron chi connectivity index (χ1n) is 12.1. The van der Waals surface area contributed by atoms with Crippen molar-refractivity contribution in [3.63, 3.8) is 0 Å². The number of piperidine rings is 1. The van der Waals surface area contributed by atoms with E-state index in [1.54, 1.807) is 18.0 Å². The van der Waals surface area contributed by atoms with Gasteiger partial charge in [0, 0.05) is 31.7 Å². The molecule has 1 saturated heterocycles. The molecule has 2 fully saturated rings. The maximum atomic E-state index is 14.2. The summed E-state index contributed by atoms with van der Waals surface area (Å²) in [5.41, 5.74) is 0.997. The summed E-state index contributed by atoms with van der Waals surface area (Å²) < 4.78 is 53.9. The zero-order chi connectivity index (χ0) is 24.8. The van der Waals surface area contributed by atoms with Crippen molar-refractivity contribution in [2.24, 2.45) is 11.8 Å². The second kappa shape index (κ2) is 9.14. The van der Waals surface area contributed by atoms with Crippen LogP contribution in [0.25, 0.3) is 0 Å². The van der Waals surface area contributed by atoms with Crippen LogP contribution < -0.4 is 19.7 Å². The zero-order valence-electron chi connectivity index (χ0n) is 19.7. The van der Waals surface area contributed by atoms with Gasteiger partial charge in [0.05, 0.1) is 19.0 Å². The first kappa shape index (κ1) is 22.9. The summed E-state index contributed by atoms with van der Waals surface area (Å²) in [6.07, 6.45) is 4.68. The summed E-state index contributed by atoms with van der Waals surface area (Å²) in [7, 11) is 1.58. The van der Waals surface area contributed by atoms with Crippen LogP contribution in [-0.2, 0) is 6.54 Å². The second-order valence-electron chi connectivity index (χ2n) is 9.57. The second-order valence-corrected chi connectivity index (χ2v) is 9.57. The Bertz CT molecular complexity index is 1260. The highest BCUT2D eigenvalue weighted by Gasteiger charge is 2.43. The van der Waals surface area contributed by atoms with Crippen LogP contribution in [0.3, 0.4) is 0 Å². The van der Waals surface area contributed by atoms with E-state index in [-0.39, 0.29) is 11.8 Å². The molecule has 2 bridgehead atoms. The molecule has 190 valence electrons. The van der Waals surface area contributed by atoms with E-state index in [1.807, 2.05) is 6.07 Å². The number of anilines is 2. The molecule has 6 rings (SSSR count). The molecule has 1 aliphatic carbocycles. The van der Waals surface area contributed by atoms with Gasteiger partial charge in [-0.25, -0.2) is 13.5 Å². The SMILES string of the molecule is COc1cc(N2C[C@H]3CC[C@@H](C2)C3Nc2nc3n(n2)CCC[C@@H]3Oc2ccc(F)c(F)c2F)cnn1. The summed E-state index contributed by atoms with van der Waals surface area (Å²) in [6, 6.07) is 4.09. The Kier molecular flexibility index (Phi) is 5.81. The number of fused-ring (bicyclic) bond motifs is 3. The van der Waals surface area contributed by atoms with E-state index >= 15 is 0 Å². The Hall–Kier alpha value is -3.57. The smallest absolute Gasteiger partial charge is 0.242 e. The van der Waals surface area contributed by atoms with E-state index in [4.69, 9.17) is 9.47 Å². The summed E-state index contributed by atoms with van der Waals surface area (Å²) >= 11 is 0. The first-order chi connectivity index (χ1) is 17.5. The zero-order valence-corrected chi connectivity index (χ0v) is 19.7. The standard InChI is InChI=1S/C24H26F3N7O2/c1-35-19-9-15(10-28-31-19)33-11-13-4-5-14(12-33)22(13)29-24-30-23-18(3-2-8-34(23)32-24)36-17-7-6-16(25)20(26)21(17)27/h6-7,9-10,13-14,18,22H,2-5,8,11-12H2,1H3,(H,29,32)/t13-,14+,18-,22?/m0/s1. The molecule has 3 aliphatic rings. The summed E-state index contributed by atoms with van der Waals surface area (Å²) in [5, 5.41) is 16.2. The number of ether oxygens (including phenoxy) is 2. The van der Waals surface area contributed by atoms with Crippen molar-refractivity contribution in [3.05, 3.63) is 47.7 Å². The number of aromatic nitrogens is 5. The number of halogens is 3. The topological polar surface area (TPSA) is 90.2 Å². The van der Waals surface area contributed by atoms with Gasteiger partial charge in [-0.3, -0.25) is 0 Å². The molecule has 4 atom stereocenters. The maximum absolute atomic E-state index is 14.2. The largest absolute Gasteiger partial charge is 0.480 e. The number of hydrogen-bond acceptors (Lipinski definition) is 8. The third-order valence-electron chi connectivity index (χ3n) is 7.42. The fourth-order valence-electron chi connectivity index (χ4n) is 5.67. The highest BCUT2D eigenvalue weighted by molar-refractivity contribution is 5.48. The van der Waals surface area contributed by atoms with E-state index in [9.17, 15) is 13.2 Å². The van der Waals surface area contributed by atoms with E-state index in [0.29, 0.717) is 42.5 Å². The molecule has 36 heavy (non-hydrogen) atoms. The molecule has 1 aromatic carbocycles. The predicted molar refractivity (Wildman–Crippen MR) is 123 cm³/mol. The van der Waals surface area contributed by atoms with Crippen LogP contribution in [0.1, 0.15) is 37.6 Å². The summed E-state index contributed by atoms with van der Waals surface area (Å²) in [4.78, 5) is 6.99. The van der Waals surface area contributed by atoms with Gasteiger partial charge >= 0.3 is 0 Å². The molecule has 0 spiro atoms. The molecule has 9 nitrogen and oxygen atoms in total. The molecule has 2 aromatic heterocycles. The lowest BCUT2D eigenvalue weighted by molar-refractivity contribution is 0.147. The Labute approximate surface area is 205 Å². The number of nitrogens with zero attached hydrogens (tertiary/aromatic N) is 6. The van der Waals surface area contributed by atoms with Crippen molar-refractivity contribution >= 4 is 11.6 Å². The Morgan fingerprint density at radius 1 is 1.06 bits per heavy atom. The van der Waals surface area contributed by atoms with Crippen LogP contribution in [0.4, 0.5) is 24.8 Å². The third-order valence-corrected chi connectivity index (χ3v) is 7.42. The summed E-state index contributed by atoms with van der Waals surface area (Å²) in [5.74, 6) is -2.10. The molecule has 1 unspecified atom stereocenters. The average Bonchev–Trinajstić information content (AvgIpc) is 3.40. The number of benzene rings is 1. The molecule has 1 N–H and O–H groups in total. The number of methoxy groups -OCH3 is 1. The lowest BCUT2D eigenvalue weighted by atomic mass is 9.92. The minimum Gasteiger partial charge on any atom is -0.480 e. The van der Waals surface area contributed by atoms with Gasteiger partial charge in [-0.15, -0.1) is 10.2 Å². The number of nitrogens with one attached hydrogen (secondary N) is 1. The van der Waals surface area contributed by atoms with Crippen LogP contribution in [0.2, 0.25) is 0 Å². The van der Waals surface area contributed by atoms with Gasteiger partial charge in [0.2, 0.25) is 17.6 Å². The fraction of sp³-hybridized carbons (Fsp3) is 0.500. The first-order valence-corrected chi connectivity index (χ1v) is 12.1. The average molecular weight is 502 g/mol. The van der Waals surface area contributed by atoms with Crippen LogP contribution in [0.5, 0.6) is 11.6 Å². The minimum atomic E-state index is -1.55. The van der Waals surface area contributed by atoms with Crippen LogP contribution >= 0.6 is 0 Å². The fourth-order valence-corrected chi connectivity index (χ4v) is 5.67. The van der Waals surface area contributed by atoms with E-state index in [0.717, 1.165) is 50.2 Å². The van der Waals surface area contributed by atoms with Crippen molar-refractivity contribution in [1.82, 2.24) is 25.0 Å². The highest BCUT2D eigenvalue weighted by atomic mass is 19.2. The quantitative estimate of drug-likeness (QED) is 0.511. The van der Waals surface area contributed by atoms with Crippen LogP contribution in [0, 0.1) is 29.3 Å². The maximum Gasteiger partial charge on any atom is 0.242 e. The Morgan fingerprint density at radius 3 is 2.64 bits per heavy atom. The van der Waals surface area contributed by atoms with Gasteiger partial charge in [-0.2, -0.15) is 14.5 Å². The van der Waals surface area contributed by atoms with Gasteiger partial charge in [-0.05, 0) is 49.7 Å². The van der Waals surface area contributed by atoms with Crippen molar-refractivity contribution in [1.29, 1.82) is 0 Å². The lowest BCUT2D eigenvalue weighted by Gasteiger charge is -2.39. The van der Waals surface area contributed by atoms with E-state index in [2.05, 4.69) is 30.5 Å². The van der Waals surface area contributed by atoms with Gasteiger partial charge in [0.15, 0.2) is 29.3 Å². The van der Waals surface area contributed by atoms with Crippen molar-refractivity contribution in [2.45, 2.75) is 44.4 Å². The molecule has 3 aromatic rings. The molecule has 12 heteroatoms. The molecule has 0 amide bonds. The predicted octanol–water partition coefficient (Wildman–Crippen LogP) is 3.73. The lowest BCUT2D eigenvalue weighted by Crippen LogP contribution is -2.48. The third kappa shape index (κ3) is 4.07. The molecule has 0 radical (unpaired) electrons. The molecular weight excluding hydrogens is 475 g/mol. The van der Waals surface area contributed by atoms with Gasteiger partial charge < -0.3 is 19.7 Å². The molecule has 1 saturated carbocycles. The normalized spacial score (nSPS) is 24.9. The van der Waals surface area contributed by atoms with Gasteiger partial charge in [0.25, 0.3) is 0 Å². The Balaban J connectivity index is 1.17. The molecule has 4 heterocycles. The molecular formula is C24H26F3N7O2. The van der Waals surface area contributed by atoms with Gasteiger partial charge in [-0.1, -0.05) is 0 Å². The van der Waals surface area contributed by atoms with Crippen molar-refractivity contribution < 1.29 is 22.6 Å². The monoisotopic (exact) mass is 501 g/mol. The van der Waals surface area contributed by atoms with E-state index < -0.39 is 23.6 Å². The number of aryl methyl sites for hydroxylation is 1. The van der Waals surface area contributed by atoms with Gasteiger partial charge in [0.1, 0.15) is 0 Å². The van der Waals surface area contributed by atoms with Crippen LogP contribution in [-0.4, -0.2) is 51.2 Å². The Morgan fingerprint density at radius 2 is 1.86 bits per heavy atom. The number of rotatable bonds is 6. The van der Waals surface area contributed by atoms with Crippen molar-refractivity contribution in [2.75, 3.05) is 30.4 Å². The highest BCUT2D eigenvalue weighted by Crippen LogP contribution is 2.40. The molecule has 2 aliphatic heterocycles. The summed E-state index contributed by atoms with van der Waals surface area (Å²) in [6.45, 7) is 2.40. The number of hydrogen-bond donors (Lipinski definition) is 1.